The van der Waals surface area contributed by atoms with Crippen LogP contribution in [0.25, 0.3) is 21.7 Å². The normalized spacial score (nSPS) is 14.1. The number of carboxylic acids is 1. The van der Waals surface area contributed by atoms with E-state index in [4.69, 9.17) is 4.74 Å². The van der Waals surface area contributed by atoms with Crippen LogP contribution in [-0.4, -0.2) is 41.4 Å². The van der Waals surface area contributed by atoms with Gasteiger partial charge in [-0.25, -0.2) is 9.52 Å². The molecular formula is C31H30F3N3O7S. The molecule has 5 rings (SSSR count). The Bertz CT molecular complexity index is 1880. The van der Waals surface area contributed by atoms with E-state index in [1.165, 1.54) is 0 Å². The van der Waals surface area contributed by atoms with Crippen molar-refractivity contribution >= 4 is 55.2 Å². The number of carbonyl (C=O) groups is 3. The Morgan fingerprint density at radius 3 is 2.38 bits per heavy atom. The van der Waals surface area contributed by atoms with Crippen LogP contribution in [0.1, 0.15) is 54.6 Å². The lowest BCUT2D eigenvalue weighted by atomic mass is 10.1. The average Bonchev–Trinajstić information content (AvgIpc) is 3.62. The van der Waals surface area contributed by atoms with Crippen LogP contribution in [0.4, 0.5) is 18.9 Å². The maximum absolute atomic E-state index is 12.8. The molecule has 1 aromatic heterocycles. The highest BCUT2D eigenvalue weighted by Gasteiger charge is 2.46. The third-order valence-corrected chi connectivity index (χ3v) is 8.92. The number of anilines is 1. The van der Waals surface area contributed by atoms with Crippen LogP contribution in [0.3, 0.4) is 0 Å². The SMILES string of the molecule is O=C(CCCn1c(COc2ccc3ccccc3c2)c(C(=O)O)c2cc(NC(=O)C3CCCC3)ccc21)NS(=O)(=O)C(F)(F)F. The second-order valence-electron chi connectivity index (χ2n) is 10.9. The molecule has 10 nitrogen and oxygen atoms in total. The summed E-state index contributed by atoms with van der Waals surface area (Å²) in [5.41, 5.74) is -4.71. The number of nitrogens with one attached hydrogen (secondary N) is 2. The number of aryl methyl sites for hydroxylation is 1. The molecule has 3 aromatic carbocycles. The van der Waals surface area contributed by atoms with Crippen molar-refractivity contribution in [3.8, 4) is 5.75 Å². The number of halogens is 3. The van der Waals surface area contributed by atoms with Crippen molar-refractivity contribution in [1.29, 1.82) is 0 Å². The van der Waals surface area contributed by atoms with Gasteiger partial charge in [0.15, 0.2) is 0 Å². The van der Waals surface area contributed by atoms with Crippen LogP contribution < -0.4 is 14.8 Å². The molecule has 2 amide bonds. The Hall–Kier alpha value is -4.59. The van der Waals surface area contributed by atoms with Crippen molar-refractivity contribution in [3.05, 3.63) is 71.9 Å². The Kier molecular flexibility index (Phi) is 9.05. The van der Waals surface area contributed by atoms with Crippen molar-refractivity contribution in [2.75, 3.05) is 5.32 Å². The van der Waals surface area contributed by atoms with Gasteiger partial charge in [-0.1, -0.05) is 43.2 Å². The summed E-state index contributed by atoms with van der Waals surface area (Å²) in [4.78, 5) is 37.4. The molecule has 238 valence electrons. The van der Waals surface area contributed by atoms with Crippen LogP contribution in [-0.2, 0) is 32.8 Å². The summed E-state index contributed by atoms with van der Waals surface area (Å²) in [5.74, 6) is -2.44. The first-order valence-corrected chi connectivity index (χ1v) is 15.7. The zero-order valence-electron chi connectivity index (χ0n) is 23.9. The number of aromatic carboxylic acids is 1. The third-order valence-electron chi connectivity index (χ3n) is 7.81. The van der Waals surface area contributed by atoms with E-state index in [9.17, 15) is 41.1 Å². The molecule has 3 N–H and O–H groups in total. The largest absolute Gasteiger partial charge is 0.516 e. The van der Waals surface area contributed by atoms with Gasteiger partial charge in [-0.05, 0) is 60.4 Å². The molecule has 1 fully saturated rings. The van der Waals surface area contributed by atoms with E-state index in [1.54, 1.807) is 34.9 Å². The van der Waals surface area contributed by atoms with Gasteiger partial charge < -0.3 is 19.7 Å². The summed E-state index contributed by atoms with van der Waals surface area (Å²) < 4.78 is 69.3. The highest BCUT2D eigenvalue weighted by atomic mass is 32.2. The number of alkyl halides is 3. The first kappa shape index (κ1) is 31.8. The minimum atomic E-state index is -5.86. The fraction of sp³-hybridized carbons (Fsp3) is 0.323. The van der Waals surface area contributed by atoms with Crippen LogP contribution in [0.2, 0.25) is 0 Å². The Morgan fingerprint density at radius 2 is 1.69 bits per heavy atom. The molecule has 0 radical (unpaired) electrons. The number of hydrogen-bond acceptors (Lipinski definition) is 6. The van der Waals surface area contributed by atoms with Crippen molar-refractivity contribution in [2.45, 2.75) is 57.2 Å². The minimum absolute atomic E-state index is 0.0482. The third kappa shape index (κ3) is 7.06. The zero-order chi connectivity index (χ0) is 32.4. The van der Waals surface area contributed by atoms with Gasteiger partial charge in [0.1, 0.15) is 12.4 Å². The summed E-state index contributed by atoms with van der Waals surface area (Å²) in [5, 5.41) is 15.3. The molecule has 4 aromatic rings. The van der Waals surface area contributed by atoms with Crippen molar-refractivity contribution in [3.63, 3.8) is 0 Å². The summed E-state index contributed by atoms with van der Waals surface area (Å²) >= 11 is 0. The Morgan fingerprint density at radius 1 is 0.978 bits per heavy atom. The molecule has 14 heteroatoms. The number of hydrogen-bond donors (Lipinski definition) is 3. The van der Waals surface area contributed by atoms with Crippen molar-refractivity contribution in [1.82, 2.24) is 9.29 Å². The Balaban J connectivity index is 1.45. The number of ether oxygens (including phenoxy) is 1. The number of carbonyl (C=O) groups excluding carboxylic acids is 2. The molecule has 0 spiro atoms. The number of fused-ring (bicyclic) bond motifs is 2. The molecule has 1 aliphatic carbocycles. The fourth-order valence-electron chi connectivity index (χ4n) is 5.63. The summed E-state index contributed by atoms with van der Waals surface area (Å²) in [6.45, 7) is -0.263. The maximum atomic E-state index is 12.8. The van der Waals surface area contributed by atoms with E-state index in [0.717, 1.165) is 41.2 Å². The quantitative estimate of drug-likeness (QED) is 0.183. The molecular weight excluding hydrogens is 615 g/mol. The second-order valence-corrected chi connectivity index (χ2v) is 12.5. The molecule has 0 atom stereocenters. The van der Waals surface area contributed by atoms with Gasteiger partial charge in [-0.2, -0.15) is 21.6 Å². The number of amides is 2. The average molecular weight is 646 g/mol. The first-order chi connectivity index (χ1) is 21.3. The van der Waals surface area contributed by atoms with Gasteiger partial charge in [0.2, 0.25) is 11.8 Å². The van der Waals surface area contributed by atoms with Gasteiger partial charge in [-0.3, -0.25) is 9.59 Å². The summed E-state index contributed by atoms with van der Waals surface area (Å²) in [6.07, 6.45) is 2.77. The maximum Gasteiger partial charge on any atom is 0.516 e. The smallest absolute Gasteiger partial charge is 0.487 e. The molecule has 0 aliphatic heterocycles. The zero-order valence-corrected chi connectivity index (χ0v) is 24.7. The molecule has 45 heavy (non-hydrogen) atoms. The van der Waals surface area contributed by atoms with Crippen LogP contribution in [0, 0.1) is 5.92 Å². The summed E-state index contributed by atoms with van der Waals surface area (Å²) in [7, 11) is -5.86. The van der Waals surface area contributed by atoms with Crippen LogP contribution in [0.5, 0.6) is 5.75 Å². The fourth-order valence-corrected chi connectivity index (χ4v) is 6.14. The van der Waals surface area contributed by atoms with E-state index >= 15 is 0 Å². The standard InChI is InChI=1S/C31H30F3N3O7S/c32-31(33,34)45(42,43)36-27(38)10-5-15-37-25-14-12-22(35-29(39)20-7-2-3-8-20)17-24(25)28(30(40)41)26(37)18-44-23-13-11-19-6-1-4-9-21(19)16-23/h1,4,6,9,11-14,16-17,20H,2-3,5,7-8,10,15,18H2,(H,35,39)(H,36,38)(H,40,41). The lowest BCUT2D eigenvalue weighted by molar-refractivity contribution is -0.120. The van der Waals surface area contributed by atoms with E-state index in [1.807, 2.05) is 30.3 Å². The second kappa shape index (κ2) is 12.8. The number of nitrogens with zero attached hydrogens (tertiary/aromatic N) is 1. The van der Waals surface area contributed by atoms with Crippen LogP contribution in [0.15, 0.2) is 60.7 Å². The number of aromatic nitrogens is 1. The predicted molar refractivity (Wildman–Crippen MR) is 160 cm³/mol. The summed E-state index contributed by atoms with van der Waals surface area (Å²) in [6, 6.07) is 17.7. The molecule has 1 saturated carbocycles. The van der Waals surface area contributed by atoms with E-state index in [0.29, 0.717) is 17.0 Å². The minimum Gasteiger partial charge on any atom is -0.487 e. The van der Waals surface area contributed by atoms with Crippen molar-refractivity contribution in [2.24, 2.45) is 5.92 Å². The molecule has 0 bridgehead atoms. The lowest BCUT2D eigenvalue weighted by Gasteiger charge is -2.14. The van der Waals surface area contributed by atoms with Gasteiger partial charge in [0.05, 0.1) is 11.3 Å². The predicted octanol–water partition coefficient (Wildman–Crippen LogP) is 5.95. The molecule has 1 aliphatic rings. The van der Waals surface area contributed by atoms with Crippen molar-refractivity contribution < 1.29 is 45.8 Å². The molecule has 0 saturated heterocycles. The van der Waals surface area contributed by atoms with E-state index < -0.39 is 33.8 Å². The van der Waals surface area contributed by atoms with Crippen LogP contribution >= 0.6 is 0 Å². The number of sulfonamides is 1. The Labute approximate surface area is 256 Å². The highest BCUT2D eigenvalue weighted by Crippen LogP contribution is 2.32. The number of rotatable bonds is 11. The van der Waals surface area contributed by atoms with E-state index in [-0.39, 0.29) is 48.0 Å². The van der Waals surface area contributed by atoms with Gasteiger partial charge in [0, 0.05) is 35.5 Å². The van der Waals surface area contributed by atoms with E-state index in [2.05, 4.69) is 5.32 Å². The molecule has 1 heterocycles. The number of carboxylic acid groups (broad SMARTS) is 1. The van der Waals surface area contributed by atoms with Gasteiger partial charge >= 0.3 is 21.5 Å². The molecule has 0 unspecified atom stereocenters. The van der Waals surface area contributed by atoms with Gasteiger partial charge in [-0.15, -0.1) is 0 Å². The monoisotopic (exact) mass is 645 g/mol. The lowest BCUT2D eigenvalue weighted by Crippen LogP contribution is -2.40. The van der Waals surface area contributed by atoms with Gasteiger partial charge in [0.25, 0.3) is 0 Å². The highest BCUT2D eigenvalue weighted by molar-refractivity contribution is 7.90. The first-order valence-electron chi connectivity index (χ1n) is 14.3. The topological polar surface area (TPSA) is 144 Å². The number of benzene rings is 3.